The highest BCUT2D eigenvalue weighted by Gasteiger charge is 2.19. The molecule has 0 unspecified atom stereocenters. The lowest BCUT2D eigenvalue weighted by Crippen LogP contribution is -2.51. The first-order valence-electron chi connectivity index (χ1n) is 8.98. The highest BCUT2D eigenvalue weighted by atomic mass is 35.5. The number of amides is 3. The fourth-order valence-electron chi connectivity index (χ4n) is 2.67. The van der Waals surface area contributed by atoms with Crippen LogP contribution in [0.25, 0.3) is 0 Å². The molecule has 8 heteroatoms. The van der Waals surface area contributed by atoms with Gasteiger partial charge in [0.2, 0.25) is 5.91 Å². The number of benzene rings is 1. The number of para-hydroxylation sites is 1. The molecular formula is C18H27ClN4O3. The Balaban J connectivity index is 1.60. The van der Waals surface area contributed by atoms with Gasteiger partial charge in [-0.2, -0.15) is 0 Å². The average molecular weight is 383 g/mol. The second-order valence-corrected chi connectivity index (χ2v) is 6.61. The zero-order chi connectivity index (χ0) is 18.8. The molecule has 1 heterocycles. The van der Waals surface area contributed by atoms with Crippen LogP contribution in [-0.4, -0.2) is 74.2 Å². The van der Waals surface area contributed by atoms with Crippen molar-refractivity contribution in [2.24, 2.45) is 0 Å². The third-order valence-electron chi connectivity index (χ3n) is 4.12. The van der Waals surface area contributed by atoms with E-state index in [1.165, 1.54) is 0 Å². The van der Waals surface area contributed by atoms with E-state index in [0.717, 1.165) is 39.1 Å². The van der Waals surface area contributed by atoms with Gasteiger partial charge in [0.15, 0.2) is 0 Å². The van der Waals surface area contributed by atoms with Crippen molar-refractivity contribution in [2.75, 3.05) is 52.4 Å². The number of piperazine rings is 1. The number of imide groups is 1. The molecule has 0 spiro atoms. The molecule has 0 saturated carbocycles. The predicted octanol–water partition coefficient (Wildman–Crippen LogP) is 1.57. The molecule has 1 saturated heterocycles. The number of nitrogens with zero attached hydrogens (tertiary/aromatic N) is 2. The Kier molecular flexibility index (Phi) is 8.67. The first-order valence-corrected chi connectivity index (χ1v) is 9.36. The molecule has 1 aliphatic heterocycles. The van der Waals surface area contributed by atoms with E-state index in [0.29, 0.717) is 23.9 Å². The van der Waals surface area contributed by atoms with E-state index in [-0.39, 0.29) is 12.5 Å². The van der Waals surface area contributed by atoms with E-state index < -0.39 is 6.03 Å². The summed E-state index contributed by atoms with van der Waals surface area (Å²) in [5, 5.41) is 5.60. The number of hydrogen-bond donors (Lipinski definition) is 2. The first-order chi connectivity index (χ1) is 12.6. The van der Waals surface area contributed by atoms with E-state index in [9.17, 15) is 9.59 Å². The van der Waals surface area contributed by atoms with Gasteiger partial charge in [-0.3, -0.25) is 19.9 Å². The van der Waals surface area contributed by atoms with Crippen LogP contribution in [0.1, 0.15) is 13.3 Å². The van der Waals surface area contributed by atoms with Crippen molar-refractivity contribution in [3.8, 4) is 5.75 Å². The Morgan fingerprint density at radius 3 is 2.54 bits per heavy atom. The largest absolute Gasteiger partial charge is 0.491 e. The minimum atomic E-state index is -0.424. The molecule has 7 nitrogen and oxygen atoms in total. The normalized spacial score (nSPS) is 15.5. The third kappa shape index (κ3) is 7.19. The number of carbonyl (C=O) groups is 2. The molecule has 1 aromatic carbocycles. The second kappa shape index (κ2) is 11.0. The summed E-state index contributed by atoms with van der Waals surface area (Å²) in [7, 11) is 0. The van der Waals surface area contributed by atoms with Crippen LogP contribution in [-0.2, 0) is 4.79 Å². The SMILES string of the molecule is CCCNC(=O)NC(=O)CN1CCN(CCOc2ccccc2Cl)CC1. The average Bonchev–Trinajstić information content (AvgIpc) is 2.63. The Hall–Kier alpha value is -1.83. The first kappa shape index (κ1) is 20.5. The number of ether oxygens (including phenoxy) is 1. The van der Waals surface area contributed by atoms with Gasteiger partial charge in [0, 0.05) is 39.3 Å². The summed E-state index contributed by atoms with van der Waals surface area (Å²) in [6.45, 7) is 7.44. The molecule has 0 radical (unpaired) electrons. The maximum atomic E-state index is 11.9. The lowest BCUT2D eigenvalue weighted by molar-refractivity contribution is -0.121. The fourth-order valence-corrected chi connectivity index (χ4v) is 2.86. The van der Waals surface area contributed by atoms with Crippen LogP contribution >= 0.6 is 11.6 Å². The molecule has 0 atom stereocenters. The number of carbonyl (C=O) groups excluding carboxylic acids is 2. The number of hydrogen-bond acceptors (Lipinski definition) is 5. The van der Waals surface area contributed by atoms with Crippen molar-refractivity contribution in [3.63, 3.8) is 0 Å². The van der Waals surface area contributed by atoms with Gasteiger partial charge in [-0.05, 0) is 18.6 Å². The summed E-state index contributed by atoms with van der Waals surface area (Å²) in [5.74, 6) is 0.430. The minimum absolute atomic E-state index is 0.240. The topological polar surface area (TPSA) is 73.9 Å². The Labute approximate surface area is 159 Å². The summed E-state index contributed by atoms with van der Waals surface area (Å²) in [6.07, 6.45) is 0.837. The molecule has 0 aromatic heterocycles. The van der Waals surface area contributed by atoms with E-state index >= 15 is 0 Å². The van der Waals surface area contributed by atoms with E-state index in [4.69, 9.17) is 16.3 Å². The number of urea groups is 1. The predicted molar refractivity (Wildman–Crippen MR) is 102 cm³/mol. The monoisotopic (exact) mass is 382 g/mol. The zero-order valence-corrected chi connectivity index (χ0v) is 15.9. The maximum absolute atomic E-state index is 11.9. The van der Waals surface area contributed by atoms with Crippen molar-refractivity contribution in [1.82, 2.24) is 20.4 Å². The maximum Gasteiger partial charge on any atom is 0.321 e. The van der Waals surface area contributed by atoms with Crippen molar-refractivity contribution >= 4 is 23.5 Å². The number of nitrogens with one attached hydrogen (secondary N) is 2. The lowest BCUT2D eigenvalue weighted by atomic mass is 10.3. The van der Waals surface area contributed by atoms with Gasteiger partial charge in [-0.15, -0.1) is 0 Å². The van der Waals surface area contributed by atoms with Crippen LogP contribution in [0.4, 0.5) is 4.79 Å². The summed E-state index contributed by atoms with van der Waals surface area (Å²) in [5.41, 5.74) is 0. The molecule has 2 N–H and O–H groups in total. The Morgan fingerprint density at radius 1 is 1.15 bits per heavy atom. The van der Waals surface area contributed by atoms with Gasteiger partial charge >= 0.3 is 6.03 Å². The summed E-state index contributed by atoms with van der Waals surface area (Å²) in [6, 6.07) is 7.01. The van der Waals surface area contributed by atoms with Gasteiger partial charge in [-0.25, -0.2) is 4.79 Å². The Bertz CT molecular complexity index is 592. The molecule has 26 heavy (non-hydrogen) atoms. The molecule has 1 fully saturated rings. The number of halogens is 1. The van der Waals surface area contributed by atoms with Crippen LogP contribution < -0.4 is 15.4 Å². The van der Waals surface area contributed by atoms with Crippen molar-refractivity contribution in [2.45, 2.75) is 13.3 Å². The van der Waals surface area contributed by atoms with Crippen molar-refractivity contribution in [3.05, 3.63) is 29.3 Å². The summed E-state index contributed by atoms with van der Waals surface area (Å²) >= 11 is 6.07. The molecule has 0 aliphatic carbocycles. The molecule has 1 aliphatic rings. The molecule has 2 rings (SSSR count). The van der Waals surface area contributed by atoms with Crippen LogP contribution in [0.3, 0.4) is 0 Å². The molecular weight excluding hydrogens is 356 g/mol. The van der Waals surface area contributed by atoms with Crippen LogP contribution in [0.5, 0.6) is 5.75 Å². The van der Waals surface area contributed by atoms with Crippen LogP contribution in [0.15, 0.2) is 24.3 Å². The van der Waals surface area contributed by atoms with Crippen LogP contribution in [0, 0.1) is 0 Å². The standard InChI is InChI=1S/C18H27ClN4O3/c1-2-7-20-18(25)21-17(24)14-23-10-8-22(9-11-23)12-13-26-16-6-4-3-5-15(16)19/h3-6H,2,7-14H2,1H3,(H2,20,21,24,25). The van der Waals surface area contributed by atoms with Crippen molar-refractivity contribution < 1.29 is 14.3 Å². The quantitative estimate of drug-likeness (QED) is 0.714. The van der Waals surface area contributed by atoms with E-state index in [1.54, 1.807) is 0 Å². The number of rotatable bonds is 8. The highest BCUT2D eigenvalue weighted by molar-refractivity contribution is 6.32. The molecule has 3 amide bonds. The highest BCUT2D eigenvalue weighted by Crippen LogP contribution is 2.22. The van der Waals surface area contributed by atoms with E-state index in [1.807, 2.05) is 36.1 Å². The second-order valence-electron chi connectivity index (χ2n) is 6.20. The fraction of sp³-hybridized carbons (Fsp3) is 0.556. The Morgan fingerprint density at radius 2 is 1.85 bits per heavy atom. The van der Waals surface area contributed by atoms with Gasteiger partial charge in [0.1, 0.15) is 12.4 Å². The molecule has 0 bridgehead atoms. The smallest absolute Gasteiger partial charge is 0.321 e. The zero-order valence-electron chi connectivity index (χ0n) is 15.2. The third-order valence-corrected chi connectivity index (χ3v) is 4.43. The van der Waals surface area contributed by atoms with Gasteiger partial charge < -0.3 is 10.1 Å². The van der Waals surface area contributed by atoms with Gasteiger partial charge in [-0.1, -0.05) is 30.7 Å². The van der Waals surface area contributed by atoms with Gasteiger partial charge in [0.05, 0.1) is 11.6 Å². The van der Waals surface area contributed by atoms with E-state index in [2.05, 4.69) is 15.5 Å². The lowest BCUT2D eigenvalue weighted by Gasteiger charge is -2.34. The molecule has 1 aromatic rings. The summed E-state index contributed by atoms with van der Waals surface area (Å²) in [4.78, 5) is 27.7. The molecule has 144 valence electrons. The van der Waals surface area contributed by atoms with Crippen LogP contribution in [0.2, 0.25) is 5.02 Å². The van der Waals surface area contributed by atoms with Gasteiger partial charge in [0.25, 0.3) is 0 Å². The minimum Gasteiger partial charge on any atom is -0.491 e. The summed E-state index contributed by atoms with van der Waals surface area (Å²) < 4.78 is 5.71. The van der Waals surface area contributed by atoms with Crippen molar-refractivity contribution in [1.29, 1.82) is 0 Å².